The van der Waals surface area contributed by atoms with Crippen molar-refractivity contribution in [3.8, 4) is 5.88 Å². The van der Waals surface area contributed by atoms with Crippen molar-refractivity contribution in [1.82, 2.24) is 15.2 Å². The molecule has 1 aliphatic heterocycles. The van der Waals surface area contributed by atoms with E-state index in [1.165, 1.54) is 0 Å². The van der Waals surface area contributed by atoms with Gasteiger partial charge in [0, 0.05) is 24.4 Å². The number of aromatic nitrogens is 3. The standard InChI is InChI=1S/C12H15N3O2/c1-8-11-10(15-14-8)2-4-13-12(11)17-7-9-3-5-16-6-9/h2,4,9H,3,5-7H2,1H3,(H,14,15). The highest BCUT2D eigenvalue weighted by atomic mass is 16.5. The van der Waals surface area contributed by atoms with Gasteiger partial charge in [0.25, 0.3) is 0 Å². The first-order chi connectivity index (χ1) is 8.34. The first-order valence-corrected chi connectivity index (χ1v) is 5.85. The molecule has 1 aliphatic rings. The fourth-order valence-corrected chi connectivity index (χ4v) is 2.10. The molecule has 0 saturated carbocycles. The van der Waals surface area contributed by atoms with Crippen molar-refractivity contribution in [2.45, 2.75) is 13.3 Å². The van der Waals surface area contributed by atoms with Crippen LogP contribution in [0.15, 0.2) is 12.3 Å². The average Bonchev–Trinajstić information content (AvgIpc) is 2.97. The third kappa shape index (κ3) is 1.98. The van der Waals surface area contributed by atoms with E-state index in [1.807, 2.05) is 13.0 Å². The molecule has 0 aromatic carbocycles. The van der Waals surface area contributed by atoms with Crippen LogP contribution in [-0.4, -0.2) is 35.0 Å². The number of nitrogens with one attached hydrogen (secondary N) is 1. The van der Waals surface area contributed by atoms with E-state index in [1.54, 1.807) is 6.20 Å². The minimum atomic E-state index is 0.485. The number of nitrogens with zero attached hydrogens (tertiary/aromatic N) is 2. The third-order valence-corrected chi connectivity index (χ3v) is 3.09. The second-order valence-corrected chi connectivity index (χ2v) is 4.40. The molecule has 2 aromatic heterocycles. The van der Waals surface area contributed by atoms with E-state index in [9.17, 15) is 0 Å². The van der Waals surface area contributed by atoms with Crippen molar-refractivity contribution in [3.63, 3.8) is 0 Å². The molecule has 0 radical (unpaired) electrons. The Kier molecular flexibility index (Phi) is 2.68. The Morgan fingerprint density at radius 1 is 1.59 bits per heavy atom. The lowest BCUT2D eigenvalue weighted by molar-refractivity contribution is 0.166. The molecule has 0 bridgehead atoms. The fourth-order valence-electron chi connectivity index (χ4n) is 2.10. The van der Waals surface area contributed by atoms with Crippen LogP contribution in [0.1, 0.15) is 12.1 Å². The maximum absolute atomic E-state index is 5.79. The van der Waals surface area contributed by atoms with Crippen LogP contribution in [0.2, 0.25) is 0 Å². The van der Waals surface area contributed by atoms with Gasteiger partial charge < -0.3 is 9.47 Å². The van der Waals surface area contributed by atoms with Gasteiger partial charge in [0.1, 0.15) is 0 Å². The number of H-pyrrole nitrogens is 1. The molecule has 1 atom stereocenters. The first kappa shape index (κ1) is 10.5. The summed E-state index contributed by atoms with van der Waals surface area (Å²) in [5.41, 5.74) is 1.89. The quantitative estimate of drug-likeness (QED) is 0.876. The molecule has 0 spiro atoms. The number of fused-ring (bicyclic) bond motifs is 1. The van der Waals surface area contributed by atoms with E-state index in [4.69, 9.17) is 9.47 Å². The highest BCUT2D eigenvalue weighted by Gasteiger charge is 2.17. The fraction of sp³-hybridized carbons (Fsp3) is 0.500. The molecule has 0 amide bonds. The Balaban J connectivity index is 1.81. The molecule has 1 fully saturated rings. The Bertz CT molecular complexity index is 517. The van der Waals surface area contributed by atoms with Gasteiger partial charge in [-0.1, -0.05) is 0 Å². The number of hydrogen-bond donors (Lipinski definition) is 1. The Morgan fingerprint density at radius 3 is 3.35 bits per heavy atom. The second kappa shape index (κ2) is 4.33. The zero-order chi connectivity index (χ0) is 11.7. The van der Waals surface area contributed by atoms with Crippen LogP contribution in [0.3, 0.4) is 0 Å². The number of aromatic amines is 1. The Morgan fingerprint density at radius 2 is 2.53 bits per heavy atom. The van der Waals surface area contributed by atoms with Crippen LogP contribution in [0.25, 0.3) is 10.9 Å². The number of aryl methyl sites for hydroxylation is 1. The van der Waals surface area contributed by atoms with Gasteiger partial charge in [0.2, 0.25) is 5.88 Å². The van der Waals surface area contributed by atoms with E-state index >= 15 is 0 Å². The number of hydrogen-bond acceptors (Lipinski definition) is 4. The van der Waals surface area contributed by atoms with Crippen molar-refractivity contribution in [3.05, 3.63) is 18.0 Å². The molecule has 3 heterocycles. The zero-order valence-electron chi connectivity index (χ0n) is 9.77. The van der Waals surface area contributed by atoms with Gasteiger partial charge in [-0.05, 0) is 19.4 Å². The second-order valence-electron chi connectivity index (χ2n) is 4.40. The summed E-state index contributed by atoms with van der Waals surface area (Å²) >= 11 is 0. The molecule has 90 valence electrons. The van der Waals surface area contributed by atoms with Crippen molar-refractivity contribution in [1.29, 1.82) is 0 Å². The summed E-state index contributed by atoms with van der Waals surface area (Å²) in [4.78, 5) is 4.28. The molecule has 3 rings (SSSR count). The largest absolute Gasteiger partial charge is 0.477 e. The summed E-state index contributed by atoms with van der Waals surface area (Å²) in [5, 5.41) is 8.12. The molecular weight excluding hydrogens is 218 g/mol. The molecule has 17 heavy (non-hydrogen) atoms. The third-order valence-electron chi connectivity index (χ3n) is 3.09. The van der Waals surface area contributed by atoms with Gasteiger partial charge in [-0.3, -0.25) is 5.10 Å². The first-order valence-electron chi connectivity index (χ1n) is 5.85. The van der Waals surface area contributed by atoms with E-state index in [2.05, 4.69) is 15.2 Å². The van der Waals surface area contributed by atoms with E-state index in [0.717, 1.165) is 36.2 Å². The minimum Gasteiger partial charge on any atom is -0.477 e. The van der Waals surface area contributed by atoms with Gasteiger partial charge >= 0.3 is 0 Å². The highest BCUT2D eigenvalue weighted by molar-refractivity contribution is 5.85. The molecule has 0 aliphatic carbocycles. The molecule has 2 aromatic rings. The monoisotopic (exact) mass is 233 g/mol. The lowest BCUT2D eigenvalue weighted by atomic mass is 10.1. The van der Waals surface area contributed by atoms with Crippen molar-refractivity contribution in [2.75, 3.05) is 19.8 Å². The maximum atomic E-state index is 5.79. The molecule has 5 nitrogen and oxygen atoms in total. The summed E-state index contributed by atoms with van der Waals surface area (Å²) in [5.74, 6) is 1.15. The van der Waals surface area contributed by atoms with Crippen LogP contribution in [0.5, 0.6) is 5.88 Å². The van der Waals surface area contributed by atoms with Gasteiger partial charge in [0.05, 0.1) is 24.1 Å². The minimum absolute atomic E-state index is 0.485. The molecule has 1 saturated heterocycles. The van der Waals surface area contributed by atoms with Crippen molar-refractivity contribution >= 4 is 10.9 Å². The number of ether oxygens (including phenoxy) is 2. The molecule has 1 N–H and O–H groups in total. The van der Waals surface area contributed by atoms with Gasteiger partial charge in [-0.2, -0.15) is 5.10 Å². The van der Waals surface area contributed by atoms with Crippen molar-refractivity contribution < 1.29 is 9.47 Å². The van der Waals surface area contributed by atoms with Crippen LogP contribution >= 0.6 is 0 Å². The zero-order valence-corrected chi connectivity index (χ0v) is 9.77. The summed E-state index contributed by atoms with van der Waals surface area (Å²) in [7, 11) is 0. The smallest absolute Gasteiger partial charge is 0.224 e. The van der Waals surface area contributed by atoms with Crippen molar-refractivity contribution in [2.24, 2.45) is 5.92 Å². The molecule has 5 heteroatoms. The average molecular weight is 233 g/mol. The number of rotatable bonds is 3. The lowest BCUT2D eigenvalue weighted by Crippen LogP contribution is -2.12. The molecular formula is C12H15N3O2. The maximum Gasteiger partial charge on any atom is 0.224 e. The SMILES string of the molecule is Cc1[nH]nc2ccnc(OCC3CCOC3)c12. The van der Waals surface area contributed by atoms with Gasteiger partial charge in [-0.15, -0.1) is 0 Å². The summed E-state index contributed by atoms with van der Waals surface area (Å²) in [6.45, 7) is 4.27. The Labute approximate surface area is 99.1 Å². The van der Waals surface area contributed by atoms with Crippen LogP contribution < -0.4 is 4.74 Å². The predicted octanol–water partition coefficient (Wildman–Crippen LogP) is 1.68. The van der Waals surface area contributed by atoms with E-state index < -0.39 is 0 Å². The lowest BCUT2D eigenvalue weighted by Gasteiger charge is -2.10. The normalized spacial score (nSPS) is 19.9. The topological polar surface area (TPSA) is 60.0 Å². The Hall–Kier alpha value is -1.62. The summed E-state index contributed by atoms with van der Waals surface area (Å²) < 4.78 is 11.1. The van der Waals surface area contributed by atoms with E-state index in [0.29, 0.717) is 18.4 Å². The summed E-state index contributed by atoms with van der Waals surface area (Å²) in [6.07, 6.45) is 2.80. The van der Waals surface area contributed by atoms with Crippen LogP contribution in [-0.2, 0) is 4.74 Å². The summed E-state index contributed by atoms with van der Waals surface area (Å²) in [6, 6.07) is 1.88. The van der Waals surface area contributed by atoms with E-state index in [-0.39, 0.29) is 0 Å². The number of pyridine rings is 1. The van der Waals surface area contributed by atoms with Crippen LogP contribution in [0.4, 0.5) is 0 Å². The highest BCUT2D eigenvalue weighted by Crippen LogP contribution is 2.25. The predicted molar refractivity (Wildman–Crippen MR) is 63.0 cm³/mol. The molecule has 1 unspecified atom stereocenters. The van der Waals surface area contributed by atoms with Gasteiger partial charge in [0.15, 0.2) is 0 Å². The van der Waals surface area contributed by atoms with Gasteiger partial charge in [-0.25, -0.2) is 4.98 Å². The van der Waals surface area contributed by atoms with Crippen LogP contribution in [0, 0.1) is 12.8 Å².